The molecule has 1 rings (SSSR count). The first-order valence-corrected chi connectivity index (χ1v) is 6.30. The van der Waals surface area contributed by atoms with E-state index in [4.69, 9.17) is 5.73 Å². The standard InChI is InChI=1S/C8H15N3O2S/c1-3-7(9)5-11-6-8(4-10-11)14(2,12)13/h4,6-7H,3,5,9H2,1-2H3. The summed E-state index contributed by atoms with van der Waals surface area (Å²) in [6.07, 6.45) is 4.85. The van der Waals surface area contributed by atoms with Crippen LogP contribution in [0.25, 0.3) is 0 Å². The summed E-state index contributed by atoms with van der Waals surface area (Å²) < 4.78 is 23.8. The molecule has 0 fully saturated rings. The molecule has 5 nitrogen and oxygen atoms in total. The number of nitrogens with two attached hydrogens (primary N) is 1. The number of hydrogen-bond donors (Lipinski definition) is 1. The molecule has 0 radical (unpaired) electrons. The first-order chi connectivity index (χ1) is 6.43. The number of sulfone groups is 1. The molecule has 0 aliphatic rings. The molecule has 2 N–H and O–H groups in total. The van der Waals surface area contributed by atoms with E-state index in [1.54, 1.807) is 4.68 Å². The predicted molar refractivity (Wildman–Crippen MR) is 53.6 cm³/mol. The Balaban J connectivity index is 2.79. The van der Waals surface area contributed by atoms with E-state index in [0.717, 1.165) is 12.7 Å². The Bertz CT molecular complexity index is 396. The maximum atomic E-state index is 11.1. The molecule has 0 aromatic carbocycles. The molecule has 0 amide bonds. The molecule has 1 unspecified atom stereocenters. The molecule has 0 spiro atoms. The van der Waals surface area contributed by atoms with Crippen LogP contribution in [0, 0.1) is 0 Å². The van der Waals surface area contributed by atoms with Crippen molar-refractivity contribution in [2.75, 3.05) is 6.26 Å². The van der Waals surface area contributed by atoms with Crippen LogP contribution in [0.15, 0.2) is 17.3 Å². The van der Waals surface area contributed by atoms with Crippen LogP contribution in [0.1, 0.15) is 13.3 Å². The third-order valence-electron chi connectivity index (χ3n) is 1.98. The zero-order valence-corrected chi connectivity index (χ0v) is 9.16. The maximum Gasteiger partial charge on any atom is 0.178 e. The van der Waals surface area contributed by atoms with E-state index in [0.29, 0.717) is 6.54 Å². The van der Waals surface area contributed by atoms with E-state index in [9.17, 15) is 8.42 Å². The molecule has 6 heteroatoms. The lowest BCUT2D eigenvalue weighted by molar-refractivity contribution is 0.499. The monoisotopic (exact) mass is 217 g/mol. The topological polar surface area (TPSA) is 78.0 Å². The van der Waals surface area contributed by atoms with Crippen LogP contribution in [0.3, 0.4) is 0 Å². The molecule has 1 aromatic rings. The fourth-order valence-electron chi connectivity index (χ4n) is 1.01. The van der Waals surface area contributed by atoms with E-state index >= 15 is 0 Å². The van der Waals surface area contributed by atoms with Gasteiger partial charge in [-0.3, -0.25) is 4.68 Å². The summed E-state index contributed by atoms with van der Waals surface area (Å²) in [6.45, 7) is 2.53. The van der Waals surface area contributed by atoms with Crippen molar-refractivity contribution in [1.82, 2.24) is 9.78 Å². The van der Waals surface area contributed by atoms with Gasteiger partial charge in [0.25, 0.3) is 0 Å². The highest BCUT2D eigenvalue weighted by Gasteiger charge is 2.10. The fourth-order valence-corrected chi connectivity index (χ4v) is 1.56. The van der Waals surface area contributed by atoms with Gasteiger partial charge in [-0.25, -0.2) is 8.42 Å². The highest BCUT2D eigenvalue weighted by molar-refractivity contribution is 7.90. The summed E-state index contributed by atoms with van der Waals surface area (Å²) >= 11 is 0. The smallest absolute Gasteiger partial charge is 0.178 e. The molecule has 0 aliphatic heterocycles. The Morgan fingerprint density at radius 2 is 2.29 bits per heavy atom. The van der Waals surface area contributed by atoms with Gasteiger partial charge in [0.2, 0.25) is 0 Å². The van der Waals surface area contributed by atoms with Gasteiger partial charge in [-0.2, -0.15) is 5.10 Å². The lowest BCUT2D eigenvalue weighted by Crippen LogP contribution is -2.25. The second-order valence-corrected chi connectivity index (χ2v) is 5.35. The van der Waals surface area contributed by atoms with Crippen molar-refractivity contribution in [3.8, 4) is 0 Å². The van der Waals surface area contributed by atoms with E-state index in [1.165, 1.54) is 12.4 Å². The van der Waals surface area contributed by atoms with Gasteiger partial charge in [-0.15, -0.1) is 0 Å². The Hall–Kier alpha value is -0.880. The molecule has 1 heterocycles. The molecular weight excluding hydrogens is 202 g/mol. The van der Waals surface area contributed by atoms with Crippen LogP contribution in [0.4, 0.5) is 0 Å². The Kier molecular flexibility index (Phi) is 3.28. The van der Waals surface area contributed by atoms with Crippen LogP contribution >= 0.6 is 0 Å². The Morgan fingerprint density at radius 3 is 2.71 bits per heavy atom. The highest BCUT2D eigenvalue weighted by Crippen LogP contribution is 2.06. The number of aromatic nitrogens is 2. The third-order valence-corrected chi connectivity index (χ3v) is 3.05. The third kappa shape index (κ3) is 2.81. The number of rotatable bonds is 4. The van der Waals surface area contributed by atoms with Gasteiger partial charge in [-0.1, -0.05) is 6.92 Å². The SMILES string of the molecule is CCC(N)Cn1cc(S(C)(=O)=O)cn1. The van der Waals surface area contributed by atoms with Gasteiger partial charge >= 0.3 is 0 Å². The molecule has 1 aromatic heterocycles. The van der Waals surface area contributed by atoms with Crippen LogP contribution in [-0.4, -0.2) is 30.5 Å². The summed E-state index contributed by atoms with van der Waals surface area (Å²) in [5, 5.41) is 3.93. The minimum Gasteiger partial charge on any atom is -0.326 e. The average Bonchev–Trinajstić information content (AvgIpc) is 2.51. The van der Waals surface area contributed by atoms with Crippen molar-refractivity contribution < 1.29 is 8.42 Å². The van der Waals surface area contributed by atoms with Gasteiger partial charge < -0.3 is 5.73 Å². The minimum atomic E-state index is -3.15. The quantitative estimate of drug-likeness (QED) is 0.771. The van der Waals surface area contributed by atoms with Gasteiger partial charge in [-0.05, 0) is 6.42 Å². The van der Waals surface area contributed by atoms with E-state index in [1.807, 2.05) is 6.92 Å². The van der Waals surface area contributed by atoms with Crippen molar-refractivity contribution in [2.24, 2.45) is 5.73 Å². The van der Waals surface area contributed by atoms with Gasteiger partial charge in [0.1, 0.15) is 4.90 Å². The molecule has 80 valence electrons. The summed E-state index contributed by atoms with van der Waals surface area (Å²) in [5.74, 6) is 0. The van der Waals surface area contributed by atoms with Crippen LogP contribution in [0.2, 0.25) is 0 Å². The predicted octanol–water partition coefficient (Wildman–Crippen LogP) is 0.0239. The van der Waals surface area contributed by atoms with Crippen molar-refractivity contribution in [3.63, 3.8) is 0 Å². The molecule has 0 aliphatic carbocycles. The van der Waals surface area contributed by atoms with Crippen molar-refractivity contribution in [3.05, 3.63) is 12.4 Å². The molecule has 0 bridgehead atoms. The number of hydrogen-bond acceptors (Lipinski definition) is 4. The Morgan fingerprint density at radius 1 is 1.64 bits per heavy atom. The molecular formula is C8H15N3O2S. The van der Waals surface area contributed by atoms with Crippen LogP contribution in [0.5, 0.6) is 0 Å². The number of nitrogens with zero attached hydrogens (tertiary/aromatic N) is 2. The van der Waals surface area contributed by atoms with E-state index in [2.05, 4.69) is 5.10 Å². The zero-order chi connectivity index (χ0) is 10.8. The first-order valence-electron chi connectivity index (χ1n) is 4.41. The van der Waals surface area contributed by atoms with Crippen LogP contribution in [-0.2, 0) is 16.4 Å². The van der Waals surface area contributed by atoms with Crippen LogP contribution < -0.4 is 5.73 Å². The second-order valence-electron chi connectivity index (χ2n) is 3.34. The largest absolute Gasteiger partial charge is 0.326 e. The van der Waals surface area contributed by atoms with Gasteiger partial charge in [0, 0.05) is 18.5 Å². The van der Waals surface area contributed by atoms with Crippen molar-refractivity contribution in [2.45, 2.75) is 30.8 Å². The van der Waals surface area contributed by atoms with E-state index in [-0.39, 0.29) is 10.9 Å². The molecule has 0 saturated carbocycles. The average molecular weight is 217 g/mol. The first kappa shape index (κ1) is 11.2. The fraction of sp³-hybridized carbons (Fsp3) is 0.625. The van der Waals surface area contributed by atoms with Crippen molar-refractivity contribution in [1.29, 1.82) is 0 Å². The summed E-state index contributed by atoms with van der Waals surface area (Å²) in [4.78, 5) is 0.237. The lowest BCUT2D eigenvalue weighted by atomic mass is 10.2. The van der Waals surface area contributed by atoms with Gasteiger partial charge in [0.05, 0.1) is 12.7 Å². The molecule has 1 atom stereocenters. The minimum absolute atomic E-state index is 0.0160. The lowest BCUT2D eigenvalue weighted by Gasteiger charge is -2.07. The highest BCUT2D eigenvalue weighted by atomic mass is 32.2. The normalized spacial score (nSPS) is 14.2. The second kappa shape index (κ2) is 4.10. The zero-order valence-electron chi connectivity index (χ0n) is 8.34. The maximum absolute atomic E-state index is 11.1. The Labute approximate surface area is 83.8 Å². The summed E-state index contributed by atoms with van der Waals surface area (Å²) in [5.41, 5.74) is 5.71. The summed E-state index contributed by atoms with van der Waals surface area (Å²) in [6, 6.07) is 0.0160. The molecule has 14 heavy (non-hydrogen) atoms. The summed E-state index contributed by atoms with van der Waals surface area (Å²) in [7, 11) is -3.15. The van der Waals surface area contributed by atoms with Gasteiger partial charge in [0.15, 0.2) is 9.84 Å². The van der Waals surface area contributed by atoms with E-state index < -0.39 is 9.84 Å². The van der Waals surface area contributed by atoms with Crippen molar-refractivity contribution >= 4 is 9.84 Å². The molecule has 0 saturated heterocycles.